The van der Waals surface area contributed by atoms with Gasteiger partial charge in [0.2, 0.25) is 0 Å². The minimum atomic E-state index is -4.96. The molecule has 1 atom stereocenters. The number of aldehydes is 1. The summed E-state index contributed by atoms with van der Waals surface area (Å²) in [4.78, 5) is 25.8. The summed E-state index contributed by atoms with van der Waals surface area (Å²) >= 11 is 6.34. The number of alkyl halides is 3. The normalized spacial score (nSPS) is 13.5. The van der Waals surface area contributed by atoms with Crippen LogP contribution < -0.4 is 10.6 Å². The molecule has 0 aliphatic heterocycles. The Morgan fingerprint density at radius 1 is 1.10 bits per heavy atom. The maximum absolute atomic E-state index is 14.3. The van der Waals surface area contributed by atoms with Crippen LogP contribution in [-0.4, -0.2) is 36.9 Å². The predicted octanol–water partition coefficient (Wildman–Crippen LogP) is 6.12. The lowest BCUT2D eigenvalue weighted by Gasteiger charge is -2.35. The van der Waals surface area contributed by atoms with E-state index in [2.05, 4.69) is 15.7 Å². The molecule has 0 bridgehead atoms. The molecule has 4 aromatic rings. The third-order valence-electron chi connectivity index (χ3n) is 6.43. The number of aromatic nitrogens is 2. The molecule has 0 spiro atoms. The first-order chi connectivity index (χ1) is 19.2. The first-order valence-electron chi connectivity index (χ1n) is 11.6. The second kappa shape index (κ2) is 11.1. The highest BCUT2D eigenvalue weighted by Crippen LogP contribution is 2.41. The van der Waals surface area contributed by atoms with Gasteiger partial charge in [0, 0.05) is 45.3 Å². The summed E-state index contributed by atoms with van der Waals surface area (Å²) in [7, 11) is 9.51. The van der Waals surface area contributed by atoms with Crippen molar-refractivity contribution in [3.63, 3.8) is 0 Å². The summed E-state index contributed by atoms with van der Waals surface area (Å²) in [5.74, 6) is -3.28. The van der Waals surface area contributed by atoms with Crippen molar-refractivity contribution in [2.24, 2.45) is 7.05 Å². The zero-order chi connectivity index (χ0) is 30.3. The molecule has 0 aliphatic carbocycles. The van der Waals surface area contributed by atoms with E-state index in [0.717, 1.165) is 18.2 Å². The van der Waals surface area contributed by atoms with Crippen LogP contribution in [0.25, 0.3) is 17.0 Å². The van der Waals surface area contributed by atoms with Crippen molar-refractivity contribution in [2.45, 2.75) is 11.6 Å². The maximum Gasteiger partial charge on any atom is 0.416 e. The van der Waals surface area contributed by atoms with Gasteiger partial charge in [-0.2, -0.15) is 18.3 Å². The van der Waals surface area contributed by atoms with Crippen LogP contribution in [0.15, 0.2) is 48.8 Å². The van der Waals surface area contributed by atoms with Crippen LogP contribution in [0.1, 0.15) is 43.1 Å². The smallest absolute Gasteiger partial charge is 0.322 e. The lowest BCUT2D eigenvalue weighted by Crippen LogP contribution is -2.43. The fourth-order valence-corrected chi connectivity index (χ4v) is 4.81. The molecule has 0 saturated heterocycles. The van der Waals surface area contributed by atoms with Crippen LogP contribution in [-0.2, 0) is 18.7 Å². The number of hydrogen-bond acceptors (Lipinski definition) is 4. The van der Waals surface area contributed by atoms with E-state index >= 15 is 0 Å². The summed E-state index contributed by atoms with van der Waals surface area (Å²) in [5, 5.41) is 9.50. The van der Waals surface area contributed by atoms with Gasteiger partial charge >= 0.3 is 6.18 Å². The van der Waals surface area contributed by atoms with Gasteiger partial charge in [0.1, 0.15) is 25.0 Å². The molecule has 14 heteroatoms. The lowest BCUT2D eigenvalue weighted by molar-refractivity contribution is -0.137. The standard InChI is InChI=1S/C27H18BClF6N4O2/c1-36-26(28,19-10-15(31)3-4-20(19)29)23-18(12-40)24-17(22(5-6-30)39(2)38-24)11-21(23)37-25(41)13-7-14(27(33,34)35)9-16(32)8-13/h3-12,36H,1-2H3,(H,37,41)/b6-5+. The van der Waals surface area contributed by atoms with Crippen LogP contribution in [0.4, 0.5) is 32.0 Å². The monoisotopic (exact) mass is 590 g/mol. The Labute approximate surface area is 235 Å². The van der Waals surface area contributed by atoms with Crippen molar-refractivity contribution in [1.82, 2.24) is 15.1 Å². The molecule has 3 aromatic carbocycles. The number of nitrogens with one attached hydrogen (secondary N) is 2. The molecule has 210 valence electrons. The number of amides is 1. The average molecular weight is 591 g/mol. The molecule has 1 unspecified atom stereocenters. The van der Waals surface area contributed by atoms with Crippen molar-refractivity contribution in [1.29, 1.82) is 0 Å². The van der Waals surface area contributed by atoms with Gasteiger partial charge in [0.15, 0.2) is 6.29 Å². The van der Waals surface area contributed by atoms with E-state index in [1.165, 1.54) is 30.9 Å². The van der Waals surface area contributed by atoms with Crippen molar-refractivity contribution >= 4 is 54.3 Å². The second-order valence-electron chi connectivity index (χ2n) is 8.89. The Balaban J connectivity index is 2.05. The minimum absolute atomic E-state index is 0.00585. The summed E-state index contributed by atoms with van der Waals surface area (Å²) in [5.41, 5.74) is -4.76. The Kier molecular flexibility index (Phi) is 8.06. The Bertz CT molecular complexity index is 1720. The van der Waals surface area contributed by atoms with Crippen molar-refractivity contribution in [2.75, 3.05) is 12.4 Å². The third-order valence-corrected chi connectivity index (χ3v) is 6.76. The molecule has 1 aromatic heterocycles. The van der Waals surface area contributed by atoms with Crippen LogP contribution in [0.5, 0.6) is 0 Å². The van der Waals surface area contributed by atoms with Gasteiger partial charge in [-0.1, -0.05) is 11.6 Å². The van der Waals surface area contributed by atoms with E-state index in [1.807, 2.05) is 0 Å². The highest BCUT2D eigenvalue weighted by molar-refractivity contribution is 6.33. The molecule has 2 N–H and O–H groups in total. The number of carbonyl (C=O) groups excluding carboxylic acids is 2. The molecule has 2 radical (unpaired) electrons. The number of benzene rings is 3. The highest BCUT2D eigenvalue weighted by atomic mass is 35.5. The molecule has 41 heavy (non-hydrogen) atoms. The van der Waals surface area contributed by atoms with Crippen LogP contribution in [0.2, 0.25) is 5.02 Å². The number of hydrogen-bond donors (Lipinski definition) is 2. The van der Waals surface area contributed by atoms with E-state index in [9.17, 15) is 35.9 Å². The molecule has 1 amide bonds. The van der Waals surface area contributed by atoms with Crippen LogP contribution >= 0.6 is 11.6 Å². The molecule has 0 saturated carbocycles. The number of carbonyl (C=O) groups is 2. The van der Waals surface area contributed by atoms with Crippen molar-refractivity contribution < 1.29 is 35.9 Å². The van der Waals surface area contributed by atoms with E-state index in [4.69, 9.17) is 19.4 Å². The molecular weight excluding hydrogens is 573 g/mol. The summed E-state index contributed by atoms with van der Waals surface area (Å²) < 4.78 is 82.8. The average Bonchev–Trinajstić information content (AvgIpc) is 3.22. The van der Waals surface area contributed by atoms with E-state index in [1.54, 1.807) is 0 Å². The quantitative estimate of drug-likeness (QED) is 0.155. The molecule has 6 nitrogen and oxygen atoms in total. The molecule has 0 aliphatic rings. The topological polar surface area (TPSA) is 76.0 Å². The first-order valence-corrected chi connectivity index (χ1v) is 12.0. The number of rotatable bonds is 7. The van der Waals surface area contributed by atoms with Gasteiger partial charge in [-0.15, -0.1) is 0 Å². The number of aryl methyl sites for hydroxylation is 1. The predicted molar refractivity (Wildman–Crippen MR) is 143 cm³/mol. The van der Waals surface area contributed by atoms with Gasteiger partial charge in [0.25, 0.3) is 5.91 Å². The fourth-order valence-electron chi connectivity index (χ4n) is 4.54. The van der Waals surface area contributed by atoms with Gasteiger partial charge < -0.3 is 10.6 Å². The largest absolute Gasteiger partial charge is 0.416 e. The number of halogens is 7. The SMILES string of the molecule is [B]C(NC)(c1cc(F)ccc1Cl)c1c(NC(=O)c2cc(F)cc(C(F)(F)F)c2)cc2c(/C=C/F)n(C)nc2c1C=O. The first kappa shape index (κ1) is 29.9. The third kappa shape index (κ3) is 5.47. The van der Waals surface area contributed by atoms with Gasteiger partial charge in [-0.25, -0.2) is 13.2 Å². The Morgan fingerprint density at radius 2 is 1.80 bits per heavy atom. The van der Waals surface area contributed by atoms with Crippen molar-refractivity contribution in [3.8, 4) is 0 Å². The van der Waals surface area contributed by atoms with E-state index in [0.29, 0.717) is 18.4 Å². The van der Waals surface area contributed by atoms with E-state index < -0.39 is 40.3 Å². The number of anilines is 1. The molecule has 1 heterocycles. The maximum atomic E-state index is 14.3. The molecular formula is C27H18BClF6N4O2. The molecule has 4 rings (SSSR count). The van der Waals surface area contributed by atoms with Gasteiger partial charge in [0.05, 0.1) is 17.6 Å². The van der Waals surface area contributed by atoms with Crippen LogP contribution in [0.3, 0.4) is 0 Å². The highest BCUT2D eigenvalue weighted by Gasteiger charge is 2.37. The second-order valence-corrected chi connectivity index (χ2v) is 9.30. The van der Waals surface area contributed by atoms with Crippen molar-refractivity contribution in [3.05, 3.63) is 99.0 Å². The van der Waals surface area contributed by atoms with Crippen LogP contribution in [0, 0.1) is 11.6 Å². The molecule has 0 fully saturated rings. The number of fused-ring (bicyclic) bond motifs is 1. The van der Waals surface area contributed by atoms with Gasteiger partial charge in [-0.3, -0.25) is 14.3 Å². The summed E-state index contributed by atoms with van der Waals surface area (Å²) in [6.45, 7) is 0. The fraction of sp³-hybridized carbons (Fsp3) is 0.148. The zero-order valence-electron chi connectivity index (χ0n) is 21.2. The zero-order valence-corrected chi connectivity index (χ0v) is 22.0. The Morgan fingerprint density at radius 3 is 2.41 bits per heavy atom. The minimum Gasteiger partial charge on any atom is -0.322 e. The summed E-state index contributed by atoms with van der Waals surface area (Å²) in [6.07, 6.45) is -3.38. The lowest BCUT2D eigenvalue weighted by atomic mass is 9.65. The summed E-state index contributed by atoms with van der Waals surface area (Å²) in [6, 6.07) is 5.76. The van der Waals surface area contributed by atoms with Gasteiger partial charge in [-0.05, 0) is 61.2 Å². The number of nitrogens with zero attached hydrogens (tertiary/aromatic N) is 2. The Hall–Kier alpha value is -4.10. The van der Waals surface area contributed by atoms with E-state index in [-0.39, 0.29) is 56.4 Å².